The molecule has 25 heavy (non-hydrogen) atoms. The van der Waals surface area contributed by atoms with E-state index in [4.69, 9.17) is 9.47 Å². The van der Waals surface area contributed by atoms with E-state index in [1.165, 1.54) is 0 Å². The number of benzene rings is 1. The maximum atomic E-state index is 11.2. The van der Waals surface area contributed by atoms with Crippen LogP contribution in [-0.4, -0.2) is 53.5 Å². The molecule has 2 heterocycles. The standard InChI is InChI=1S/C18H20BrNO5/c1-24-13-7-12(19)11-8-20(9-15(22)23)5-4-18-3-2-10(21)6-14(18)25-17(13)16(11)18/h2-3,7,10,14,21H,4-6,8-9H2,1H3,(H,22,23)/t10-,14?,18?/m0/s1. The third-order valence-corrected chi connectivity index (χ3v) is 6.18. The van der Waals surface area contributed by atoms with Crippen molar-refractivity contribution in [3.8, 4) is 11.5 Å². The fraction of sp³-hybridized carbons (Fsp3) is 0.500. The first-order valence-electron chi connectivity index (χ1n) is 8.32. The molecule has 0 saturated carbocycles. The Morgan fingerprint density at radius 3 is 3.08 bits per heavy atom. The van der Waals surface area contributed by atoms with E-state index in [2.05, 4.69) is 22.0 Å². The smallest absolute Gasteiger partial charge is 0.317 e. The summed E-state index contributed by atoms with van der Waals surface area (Å²) >= 11 is 3.63. The Balaban J connectivity index is 1.90. The van der Waals surface area contributed by atoms with Gasteiger partial charge in [0.2, 0.25) is 0 Å². The highest BCUT2D eigenvalue weighted by Gasteiger charge is 2.53. The molecule has 1 aliphatic carbocycles. The normalized spacial score (nSPS) is 30.2. The molecule has 2 aliphatic heterocycles. The zero-order valence-electron chi connectivity index (χ0n) is 13.9. The quantitative estimate of drug-likeness (QED) is 0.743. The van der Waals surface area contributed by atoms with Crippen LogP contribution in [-0.2, 0) is 16.8 Å². The zero-order valence-corrected chi connectivity index (χ0v) is 15.5. The largest absolute Gasteiger partial charge is 0.493 e. The van der Waals surface area contributed by atoms with Crippen LogP contribution in [0.25, 0.3) is 0 Å². The van der Waals surface area contributed by atoms with Crippen molar-refractivity contribution in [3.63, 3.8) is 0 Å². The number of rotatable bonds is 3. The molecule has 0 fully saturated rings. The number of hydrogen-bond donors (Lipinski definition) is 2. The van der Waals surface area contributed by atoms with Crippen molar-refractivity contribution in [2.45, 2.75) is 37.0 Å². The first-order chi connectivity index (χ1) is 11.9. The number of carbonyl (C=O) groups is 1. The lowest BCUT2D eigenvalue weighted by molar-refractivity contribution is -0.138. The highest BCUT2D eigenvalue weighted by molar-refractivity contribution is 9.10. The van der Waals surface area contributed by atoms with Crippen molar-refractivity contribution in [3.05, 3.63) is 33.8 Å². The average molecular weight is 410 g/mol. The minimum atomic E-state index is -0.832. The van der Waals surface area contributed by atoms with Crippen LogP contribution < -0.4 is 9.47 Å². The summed E-state index contributed by atoms with van der Waals surface area (Å²) in [6.45, 7) is 1.18. The number of methoxy groups -OCH3 is 1. The Hall–Kier alpha value is -1.57. The van der Waals surface area contributed by atoms with Crippen molar-refractivity contribution in [1.82, 2.24) is 4.90 Å². The van der Waals surface area contributed by atoms with Crippen LogP contribution in [0.5, 0.6) is 11.5 Å². The molecule has 0 aromatic heterocycles. The van der Waals surface area contributed by atoms with E-state index in [0.29, 0.717) is 25.3 Å². The summed E-state index contributed by atoms with van der Waals surface area (Å²) in [6.07, 6.45) is 4.45. The molecule has 134 valence electrons. The molecule has 3 atom stereocenters. The number of hydrogen-bond acceptors (Lipinski definition) is 5. The van der Waals surface area contributed by atoms with Crippen molar-refractivity contribution in [2.24, 2.45) is 0 Å². The molecular weight excluding hydrogens is 390 g/mol. The molecule has 2 unspecified atom stereocenters. The van der Waals surface area contributed by atoms with Gasteiger partial charge in [0.25, 0.3) is 0 Å². The van der Waals surface area contributed by atoms with Crippen LogP contribution >= 0.6 is 15.9 Å². The van der Waals surface area contributed by atoms with E-state index in [-0.39, 0.29) is 18.1 Å². The van der Waals surface area contributed by atoms with E-state index in [1.54, 1.807) is 7.11 Å². The van der Waals surface area contributed by atoms with Crippen LogP contribution in [0.15, 0.2) is 22.7 Å². The molecule has 1 spiro atoms. The summed E-state index contributed by atoms with van der Waals surface area (Å²) in [5, 5.41) is 19.3. The van der Waals surface area contributed by atoms with Gasteiger partial charge in [0.05, 0.1) is 25.2 Å². The van der Waals surface area contributed by atoms with E-state index in [9.17, 15) is 15.0 Å². The van der Waals surface area contributed by atoms with E-state index >= 15 is 0 Å². The summed E-state index contributed by atoms with van der Waals surface area (Å²) in [4.78, 5) is 13.2. The van der Waals surface area contributed by atoms with Crippen molar-refractivity contribution in [1.29, 1.82) is 0 Å². The van der Waals surface area contributed by atoms with E-state index < -0.39 is 12.1 Å². The van der Waals surface area contributed by atoms with Gasteiger partial charge in [0.1, 0.15) is 6.10 Å². The monoisotopic (exact) mass is 409 g/mol. The van der Waals surface area contributed by atoms with Crippen molar-refractivity contribution >= 4 is 21.9 Å². The molecule has 0 saturated heterocycles. The predicted octanol–water partition coefficient (Wildman–Crippen LogP) is 2.07. The molecule has 1 aromatic carbocycles. The minimum Gasteiger partial charge on any atom is -0.493 e. The van der Waals surface area contributed by atoms with Crippen LogP contribution in [0, 0.1) is 0 Å². The Kier molecular flexibility index (Phi) is 4.05. The number of carboxylic acids is 1. The highest BCUT2D eigenvalue weighted by Crippen LogP contribution is 2.57. The summed E-state index contributed by atoms with van der Waals surface area (Å²) in [5.74, 6) is 0.553. The third-order valence-electron chi connectivity index (χ3n) is 5.47. The van der Waals surface area contributed by atoms with E-state index in [0.717, 1.165) is 27.8 Å². The number of aliphatic carboxylic acids is 1. The van der Waals surface area contributed by atoms with Gasteiger partial charge in [-0.2, -0.15) is 0 Å². The second-order valence-corrected chi connectivity index (χ2v) is 7.76. The first kappa shape index (κ1) is 16.9. The Labute approximate surface area is 154 Å². The average Bonchev–Trinajstić information content (AvgIpc) is 2.79. The van der Waals surface area contributed by atoms with Gasteiger partial charge in [0, 0.05) is 29.5 Å². The summed E-state index contributed by atoms with van der Waals surface area (Å²) in [6, 6.07) is 1.88. The van der Waals surface area contributed by atoms with Gasteiger partial charge in [-0.15, -0.1) is 0 Å². The lowest BCUT2D eigenvalue weighted by atomic mass is 9.69. The molecule has 0 bridgehead atoms. The number of aliphatic hydroxyl groups is 1. The lowest BCUT2D eigenvalue weighted by Gasteiger charge is -2.35. The predicted molar refractivity (Wildman–Crippen MR) is 94.1 cm³/mol. The number of ether oxygens (including phenoxy) is 2. The molecule has 0 amide bonds. The summed E-state index contributed by atoms with van der Waals surface area (Å²) in [5.41, 5.74) is 1.76. The van der Waals surface area contributed by atoms with Crippen LogP contribution in [0.4, 0.5) is 0 Å². The van der Waals surface area contributed by atoms with E-state index in [1.807, 2.05) is 17.0 Å². The lowest BCUT2D eigenvalue weighted by Crippen LogP contribution is -2.43. The number of carboxylic acid groups (broad SMARTS) is 1. The highest BCUT2D eigenvalue weighted by atomic mass is 79.9. The molecule has 7 heteroatoms. The van der Waals surface area contributed by atoms with Gasteiger partial charge in [-0.1, -0.05) is 28.1 Å². The van der Waals surface area contributed by atoms with Gasteiger partial charge < -0.3 is 19.7 Å². The SMILES string of the molecule is COc1cc(Br)c2c3c1OC1C[C@@H](O)C=CC31CCN(CC(=O)O)C2. The van der Waals surface area contributed by atoms with Crippen LogP contribution in [0.2, 0.25) is 0 Å². The minimum absolute atomic E-state index is 0.00118. The number of halogens is 1. The summed E-state index contributed by atoms with van der Waals surface area (Å²) < 4.78 is 12.7. The third kappa shape index (κ3) is 2.56. The Bertz CT molecular complexity index is 764. The molecule has 3 aliphatic rings. The Morgan fingerprint density at radius 2 is 2.36 bits per heavy atom. The second-order valence-electron chi connectivity index (χ2n) is 6.91. The van der Waals surface area contributed by atoms with Gasteiger partial charge >= 0.3 is 5.97 Å². The maximum Gasteiger partial charge on any atom is 0.317 e. The molecular formula is C18H20BrNO5. The van der Waals surface area contributed by atoms with Gasteiger partial charge in [-0.25, -0.2) is 0 Å². The molecule has 0 radical (unpaired) electrons. The molecule has 1 aromatic rings. The van der Waals surface area contributed by atoms with Gasteiger partial charge in [-0.3, -0.25) is 9.69 Å². The number of nitrogens with zero attached hydrogens (tertiary/aromatic N) is 1. The number of aliphatic hydroxyl groups excluding tert-OH is 1. The van der Waals surface area contributed by atoms with Crippen LogP contribution in [0.3, 0.4) is 0 Å². The maximum absolute atomic E-state index is 11.2. The van der Waals surface area contributed by atoms with Crippen molar-refractivity contribution < 1.29 is 24.5 Å². The molecule has 6 nitrogen and oxygen atoms in total. The first-order valence-corrected chi connectivity index (χ1v) is 9.12. The summed E-state index contributed by atoms with van der Waals surface area (Å²) in [7, 11) is 1.61. The fourth-order valence-electron chi connectivity index (χ4n) is 4.34. The molecule has 2 N–H and O–H groups in total. The zero-order chi connectivity index (χ0) is 17.8. The van der Waals surface area contributed by atoms with Crippen molar-refractivity contribution in [2.75, 3.05) is 20.2 Å². The Morgan fingerprint density at radius 1 is 1.56 bits per heavy atom. The topological polar surface area (TPSA) is 79.2 Å². The second kappa shape index (κ2) is 6.00. The van der Waals surface area contributed by atoms with Gasteiger partial charge in [-0.05, 0) is 18.1 Å². The van der Waals surface area contributed by atoms with Gasteiger partial charge in [0.15, 0.2) is 11.5 Å². The molecule has 4 rings (SSSR count). The van der Waals surface area contributed by atoms with Crippen LogP contribution in [0.1, 0.15) is 24.0 Å². The fourth-order valence-corrected chi connectivity index (χ4v) is 4.87.